The fraction of sp³-hybridized carbons (Fsp3) is 0.0476. The molecule has 128 valence electrons. The molecule has 0 aliphatic rings. The number of nitrogens with zero attached hydrogens (tertiary/aromatic N) is 1. The van der Waals surface area contributed by atoms with E-state index in [9.17, 15) is 9.18 Å². The zero-order valence-corrected chi connectivity index (χ0v) is 13.7. The highest BCUT2D eigenvalue weighted by atomic mass is 19.1. The van der Waals surface area contributed by atoms with Crippen LogP contribution in [0.5, 0.6) is 5.75 Å². The van der Waals surface area contributed by atoms with Crippen molar-refractivity contribution in [2.75, 3.05) is 0 Å². The number of hydrogen-bond donors (Lipinski definition) is 0. The van der Waals surface area contributed by atoms with Crippen molar-refractivity contribution in [2.45, 2.75) is 6.61 Å². The van der Waals surface area contributed by atoms with E-state index in [-0.39, 0.29) is 12.4 Å². The van der Waals surface area contributed by atoms with Gasteiger partial charge in [-0.2, -0.15) is 0 Å². The third kappa shape index (κ3) is 3.19. The quantitative estimate of drug-likeness (QED) is 0.507. The van der Waals surface area contributed by atoms with Crippen LogP contribution in [0.1, 0.15) is 5.56 Å². The maximum Gasteiger partial charge on any atom is 0.345 e. The molecule has 0 saturated carbocycles. The fourth-order valence-electron chi connectivity index (χ4n) is 2.66. The number of hydrogen-bond acceptors (Lipinski definition) is 4. The van der Waals surface area contributed by atoms with Gasteiger partial charge in [-0.15, -0.1) is 0 Å². The highest BCUT2D eigenvalue weighted by molar-refractivity contribution is 5.82. The first-order chi connectivity index (χ1) is 12.7. The van der Waals surface area contributed by atoms with Crippen LogP contribution in [0.3, 0.4) is 0 Å². The van der Waals surface area contributed by atoms with E-state index in [0.717, 1.165) is 5.39 Å². The minimum Gasteiger partial charge on any atom is -0.489 e. The lowest BCUT2D eigenvalue weighted by Crippen LogP contribution is -2.04. The van der Waals surface area contributed by atoms with E-state index in [1.165, 1.54) is 6.07 Å². The van der Waals surface area contributed by atoms with Crippen molar-refractivity contribution in [3.8, 4) is 17.0 Å². The van der Waals surface area contributed by atoms with Crippen molar-refractivity contribution in [1.29, 1.82) is 0 Å². The second-order valence-electron chi connectivity index (χ2n) is 5.74. The van der Waals surface area contributed by atoms with Gasteiger partial charge in [-0.3, -0.25) is 4.98 Å². The molecule has 4 aromatic rings. The molecule has 0 atom stereocenters. The summed E-state index contributed by atoms with van der Waals surface area (Å²) in [6, 6.07) is 18.7. The van der Waals surface area contributed by atoms with Crippen LogP contribution in [-0.2, 0) is 6.61 Å². The van der Waals surface area contributed by atoms with E-state index in [1.807, 2.05) is 6.07 Å². The minimum atomic E-state index is -0.470. The Hall–Kier alpha value is -3.47. The summed E-state index contributed by atoms with van der Waals surface area (Å²) in [7, 11) is 0. The highest BCUT2D eigenvalue weighted by Gasteiger charge is 2.10. The summed E-state index contributed by atoms with van der Waals surface area (Å²) in [4.78, 5) is 16.5. The van der Waals surface area contributed by atoms with Crippen LogP contribution < -0.4 is 10.4 Å². The Balaban J connectivity index is 1.64. The molecule has 0 aliphatic carbocycles. The third-order valence-corrected chi connectivity index (χ3v) is 4.00. The average molecular weight is 347 g/mol. The van der Waals surface area contributed by atoms with Crippen molar-refractivity contribution in [2.24, 2.45) is 0 Å². The summed E-state index contributed by atoms with van der Waals surface area (Å²) in [6.45, 7) is 0.0917. The monoisotopic (exact) mass is 347 g/mol. The Labute approximate surface area is 148 Å². The fourth-order valence-corrected chi connectivity index (χ4v) is 2.66. The van der Waals surface area contributed by atoms with E-state index in [4.69, 9.17) is 9.15 Å². The molecule has 4 nitrogen and oxygen atoms in total. The van der Waals surface area contributed by atoms with Gasteiger partial charge in [0.2, 0.25) is 0 Å². The summed E-state index contributed by atoms with van der Waals surface area (Å²) in [5, 5.41) is 0.753. The van der Waals surface area contributed by atoms with E-state index in [0.29, 0.717) is 28.2 Å². The molecule has 2 aromatic carbocycles. The molecule has 0 bridgehead atoms. The summed E-state index contributed by atoms with van der Waals surface area (Å²) >= 11 is 0. The van der Waals surface area contributed by atoms with Crippen molar-refractivity contribution < 1.29 is 13.5 Å². The highest BCUT2D eigenvalue weighted by Crippen LogP contribution is 2.24. The Morgan fingerprint density at radius 1 is 1.00 bits per heavy atom. The molecular weight excluding hydrogens is 333 g/mol. The molecule has 0 radical (unpaired) electrons. The molecule has 0 aliphatic heterocycles. The number of fused-ring (bicyclic) bond motifs is 1. The van der Waals surface area contributed by atoms with Crippen LogP contribution in [-0.4, -0.2) is 4.98 Å². The van der Waals surface area contributed by atoms with E-state index in [1.54, 1.807) is 60.8 Å². The number of benzene rings is 2. The predicted molar refractivity (Wildman–Crippen MR) is 96.4 cm³/mol. The average Bonchev–Trinajstić information content (AvgIpc) is 2.67. The lowest BCUT2D eigenvalue weighted by atomic mass is 10.1. The van der Waals surface area contributed by atoms with Crippen LogP contribution in [0.25, 0.3) is 22.2 Å². The van der Waals surface area contributed by atoms with Gasteiger partial charge in [0.05, 0.1) is 11.3 Å². The molecule has 0 unspecified atom stereocenters. The zero-order chi connectivity index (χ0) is 17.9. The van der Waals surface area contributed by atoms with Gasteiger partial charge in [-0.1, -0.05) is 24.3 Å². The Kier molecular flexibility index (Phi) is 4.19. The van der Waals surface area contributed by atoms with Gasteiger partial charge in [0.25, 0.3) is 0 Å². The van der Waals surface area contributed by atoms with Crippen molar-refractivity contribution in [3.05, 3.63) is 94.7 Å². The first kappa shape index (κ1) is 16.0. The first-order valence-corrected chi connectivity index (χ1v) is 8.06. The lowest BCUT2D eigenvalue weighted by Gasteiger charge is -2.08. The molecule has 0 saturated heterocycles. The van der Waals surface area contributed by atoms with Gasteiger partial charge in [-0.25, -0.2) is 9.18 Å². The maximum atomic E-state index is 13.7. The Morgan fingerprint density at radius 3 is 2.65 bits per heavy atom. The molecule has 0 spiro atoms. The number of halogens is 1. The largest absolute Gasteiger partial charge is 0.489 e. The second kappa shape index (κ2) is 6.80. The summed E-state index contributed by atoms with van der Waals surface area (Å²) < 4.78 is 24.7. The van der Waals surface area contributed by atoms with Crippen molar-refractivity contribution >= 4 is 11.0 Å². The first-order valence-electron chi connectivity index (χ1n) is 8.06. The van der Waals surface area contributed by atoms with Crippen LogP contribution in [0.15, 0.2) is 82.1 Å². The van der Waals surface area contributed by atoms with Gasteiger partial charge in [0.15, 0.2) is 0 Å². The third-order valence-electron chi connectivity index (χ3n) is 4.00. The standard InChI is InChI=1S/C21H14FNO3/c22-18-6-2-1-5-15(18)13-25-16-9-8-14-11-17(19-7-3-4-10-23-19)21(24)26-20(14)12-16/h1-12H,13H2. The molecule has 26 heavy (non-hydrogen) atoms. The molecule has 2 aromatic heterocycles. The van der Waals surface area contributed by atoms with E-state index < -0.39 is 5.63 Å². The molecular formula is C21H14FNO3. The zero-order valence-electron chi connectivity index (χ0n) is 13.7. The Bertz CT molecular complexity index is 1120. The maximum absolute atomic E-state index is 13.7. The van der Waals surface area contributed by atoms with Crippen LogP contribution >= 0.6 is 0 Å². The summed E-state index contributed by atoms with van der Waals surface area (Å²) in [5.74, 6) is 0.175. The molecule has 0 N–H and O–H groups in total. The topological polar surface area (TPSA) is 52.3 Å². The van der Waals surface area contributed by atoms with Crippen LogP contribution in [0, 0.1) is 5.82 Å². The molecule has 2 heterocycles. The normalized spacial score (nSPS) is 10.8. The summed E-state index contributed by atoms with van der Waals surface area (Å²) in [6.07, 6.45) is 1.62. The van der Waals surface area contributed by atoms with Crippen LogP contribution in [0.2, 0.25) is 0 Å². The SMILES string of the molecule is O=c1oc2cc(OCc3ccccc3F)ccc2cc1-c1ccccn1. The van der Waals surface area contributed by atoms with Gasteiger partial charge < -0.3 is 9.15 Å². The molecule has 0 amide bonds. The lowest BCUT2D eigenvalue weighted by molar-refractivity contribution is 0.300. The number of pyridine rings is 1. The van der Waals surface area contributed by atoms with Crippen LogP contribution in [0.4, 0.5) is 4.39 Å². The predicted octanol–water partition coefficient (Wildman–Crippen LogP) is 4.57. The molecule has 0 fully saturated rings. The smallest absolute Gasteiger partial charge is 0.345 e. The number of aromatic nitrogens is 1. The van der Waals surface area contributed by atoms with Gasteiger partial charge in [0, 0.05) is 23.2 Å². The molecule has 5 heteroatoms. The van der Waals surface area contributed by atoms with E-state index in [2.05, 4.69) is 4.98 Å². The van der Waals surface area contributed by atoms with Crippen molar-refractivity contribution in [1.82, 2.24) is 4.98 Å². The minimum absolute atomic E-state index is 0.0917. The second-order valence-corrected chi connectivity index (χ2v) is 5.74. The van der Waals surface area contributed by atoms with Gasteiger partial charge in [-0.05, 0) is 36.4 Å². The van der Waals surface area contributed by atoms with Gasteiger partial charge in [0.1, 0.15) is 23.8 Å². The molecule has 4 rings (SSSR count). The van der Waals surface area contributed by atoms with E-state index >= 15 is 0 Å². The van der Waals surface area contributed by atoms with Crippen molar-refractivity contribution in [3.63, 3.8) is 0 Å². The number of ether oxygens (including phenoxy) is 1. The van der Waals surface area contributed by atoms with Gasteiger partial charge >= 0.3 is 5.63 Å². The summed E-state index contributed by atoms with van der Waals surface area (Å²) in [5.41, 5.74) is 1.35. The Morgan fingerprint density at radius 2 is 1.85 bits per heavy atom. The number of rotatable bonds is 4.